The highest BCUT2D eigenvalue weighted by Gasteiger charge is 2.25. The van der Waals surface area contributed by atoms with Crippen LogP contribution in [0.1, 0.15) is 34.8 Å². The van der Waals surface area contributed by atoms with Crippen LogP contribution in [0, 0.1) is 6.92 Å². The summed E-state index contributed by atoms with van der Waals surface area (Å²) in [6.45, 7) is 5.17. The Kier molecular flexibility index (Phi) is 5.03. The third-order valence-electron chi connectivity index (χ3n) is 4.15. The number of nitrogens with zero attached hydrogens (tertiary/aromatic N) is 1. The average molecular weight is 338 g/mol. The Balaban J connectivity index is 1.77. The first-order valence-corrected chi connectivity index (χ1v) is 8.49. The predicted molar refractivity (Wildman–Crippen MR) is 96.9 cm³/mol. The van der Waals surface area contributed by atoms with Crippen molar-refractivity contribution in [2.24, 2.45) is 0 Å². The largest absolute Gasteiger partial charge is 0.482 e. The van der Waals surface area contributed by atoms with Crippen molar-refractivity contribution in [2.45, 2.75) is 26.8 Å². The van der Waals surface area contributed by atoms with Crippen LogP contribution in [0.15, 0.2) is 42.5 Å². The van der Waals surface area contributed by atoms with Crippen LogP contribution in [0.4, 0.5) is 5.69 Å². The maximum Gasteiger partial charge on any atom is 0.265 e. The van der Waals surface area contributed by atoms with Crippen molar-refractivity contribution < 1.29 is 14.3 Å². The van der Waals surface area contributed by atoms with Crippen LogP contribution in [-0.4, -0.2) is 25.0 Å². The van der Waals surface area contributed by atoms with Crippen molar-refractivity contribution in [3.05, 3.63) is 59.2 Å². The lowest BCUT2D eigenvalue weighted by Crippen LogP contribution is -2.38. The Bertz CT molecular complexity index is 784. The number of amides is 2. The van der Waals surface area contributed by atoms with Crippen LogP contribution < -0.4 is 15.0 Å². The van der Waals surface area contributed by atoms with Gasteiger partial charge in [-0.05, 0) is 48.7 Å². The summed E-state index contributed by atoms with van der Waals surface area (Å²) in [5, 5.41) is 2.86. The lowest BCUT2D eigenvalue weighted by molar-refractivity contribution is -0.121. The minimum Gasteiger partial charge on any atom is -0.482 e. The van der Waals surface area contributed by atoms with E-state index >= 15 is 0 Å². The number of rotatable bonds is 5. The summed E-state index contributed by atoms with van der Waals surface area (Å²) in [4.78, 5) is 26.0. The maximum atomic E-state index is 12.3. The van der Waals surface area contributed by atoms with Gasteiger partial charge in [0.05, 0.1) is 12.2 Å². The second-order valence-corrected chi connectivity index (χ2v) is 6.19. The molecule has 0 saturated carbocycles. The Morgan fingerprint density at radius 2 is 1.96 bits per heavy atom. The van der Waals surface area contributed by atoms with Crippen molar-refractivity contribution in [3.63, 3.8) is 0 Å². The van der Waals surface area contributed by atoms with Gasteiger partial charge in [-0.3, -0.25) is 9.59 Å². The number of hydrogen-bond acceptors (Lipinski definition) is 3. The van der Waals surface area contributed by atoms with E-state index in [4.69, 9.17) is 4.74 Å². The summed E-state index contributed by atoms with van der Waals surface area (Å²) < 4.78 is 5.50. The van der Waals surface area contributed by atoms with Crippen LogP contribution in [-0.2, 0) is 11.3 Å². The summed E-state index contributed by atoms with van der Waals surface area (Å²) in [6.07, 6.45) is 0.905. The van der Waals surface area contributed by atoms with E-state index in [2.05, 4.69) is 5.32 Å². The van der Waals surface area contributed by atoms with Gasteiger partial charge in [0.2, 0.25) is 0 Å². The molecule has 0 atom stereocenters. The quantitative estimate of drug-likeness (QED) is 0.911. The summed E-state index contributed by atoms with van der Waals surface area (Å²) in [5.74, 6) is 0.584. The van der Waals surface area contributed by atoms with E-state index in [1.807, 2.05) is 44.2 Å². The van der Waals surface area contributed by atoms with Gasteiger partial charge in [-0.15, -0.1) is 0 Å². The van der Waals surface area contributed by atoms with Gasteiger partial charge >= 0.3 is 0 Å². The highest BCUT2D eigenvalue weighted by molar-refractivity contribution is 5.98. The normalized spacial score (nSPS) is 13.2. The highest BCUT2D eigenvalue weighted by Crippen LogP contribution is 2.33. The number of hydrogen-bond donors (Lipinski definition) is 1. The standard InChI is InChI=1S/C20H22N2O3/c1-3-10-21-20(24)16-7-5-15(6-8-16)12-22-17-11-14(2)4-9-18(17)25-13-19(22)23/h4-9,11H,3,10,12-13H2,1-2H3,(H,21,24). The van der Waals surface area contributed by atoms with E-state index in [0.717, 1.165) is 29.0 Å². The molecule has 1 aliphatic heterocycles. The van der Waals surface area contributed by atoms with E-state index in [0.29, 0.717) is 18.7 Å². The lowest BCUT2D eigenvalue weighted by Gasteiger charge is -2.29. The van der Waals surface area contributed by atoms with Gasteiger partial charge in [0.15, 0.2) is 6.61 Å². The smallest absolute Gasteiger partial charge is 0.265 e. The highest BCUT2D eigenvalue weighted by atomic mass is 16.5. The van der Waals surface area contributed by atoms with Gasteiger partial charge in [0.1, 0.15) is 5.75 Å². The zero-order valence-corrected chi connectivity index (χ0v) is 14.5. The van der Waals surface area contributed by atoms with Crippen molar-refractivity contribution >= 4 is 17.5 Å². The summed E-state index contributed by atoms with van der Waals surface area (Å²) in [6, 6.07) is 13.2. The number of carbonyl (C=O) groups excluding carboxylic acids is 2. The predicted octanol–water partition coefficient (Wildman–Crippen LogP) is 3.06. The molecule has 0 bridgehead atoms. The molecule has 2 amide bonds. The molecule has 1 heterocycles. The summed E-state index contributed by atoms with van der Waals surface area (Å²) >= 11 is 0. The number of nitrogens with one attached hydrogen (secondary N) is 1. The molecule has 2 aromatic rings. The first kappa shape index (κ1) is 17.0. The number of fused-ring (bicyclic) bond motifs is 1. The molecule has 1 aliphatic rings. The SMILES string of the molecule is CCCNC(=O)c1ccc(CN2C(=O)COc3ccc(C)cc32)cc1. The molecule has 0 saturated heterocycles. The molecular formula is C20H22N2O3. The zero-order chi connectivity index (χ0) is 17.8. The molecule has 25 heavy (non-hydrogen) atoms. The van der Waals surface area contributed by atoms with Gasteiger partial charge in [0.25, 0.3) is 11.8 Å². The minimum absolute atomic E-state index is 0.0492. The van der Waals surface area contributed by atoms with Crippen molar-refractivity contribution in [3.8, 4) is 5.75 Å². The number of carbonyl (C=O) groups is 2. The van der Waals surface area contributed by atoms with Crippen LogP contribution >= 0.6 is 0 Å². The molecular weight excluding hydrogens is 316 g/mol. The number of ether oxygens (including phenoxy) is 1. The first-order chi connectivity index (χ1) is 12.1. The molecule has 5 heteroatoms. The molecule has 130 valence electrons. The molecule has 1 N–H and O–H groups in total. The molecule has 2 aromatic carbocycles. The molecule has 3 rings (SSSR count). The molecule has 0 unspecified atom stereocenters. The zero-order valence-electron chi connectivity index (χ0n) is 14.5. The van der Waals surface area contributed by atoms with Crippen LogP contribution in [0.2, 0.25) is 0 Å². The molecule has 0 aromatic heterocycles. The fourth-order valence-corrected chi connectivity index (χ4v) is 2.77. The second-order valence-electron chi connectivity index (χ2n) is 6.19. The van der Waals surface area contributed by atoms with Crippen molar-refractivity contribution in [1.29, 1.82) is 0 Å². The molecule has 0 spiro atoms. The van der Waals surface area contributed by atoms with Gasteiger partial charge in [-0.2, -0.15) is 0 Å². The van der Waals surface area contributed by atoms with Crippen molar-refractivity contribution in [2.75, 3.05) is 18.1 Å². The average Bonchev–Trinajstić information content (AvgIpc) is 2.62. The number of aryl methyl sites for hydroxylation is 1. The van der Waals surface area contributed by atoms with Gasteiger partial charge < -0.3 is 15.0 Å². The van der Waals surface area contributed by atoms with E-state index < -0.39 is 0 Å². The fraction of sp³-hybridized carbons (Fsp3) is 0.300. The third-order valence-corrected chi connectivity index (χ3v) is 4.15. The van der Waals surface area contributed by atoms with Crippen LogP contribution in [0.5, 0.6) is 5.75 Å². The Hall–Kier alpha value is -2.82. The fourth-order valence-electron chi connectivity index (χ4n) is 2.77. The Morgan fingerprint density at radius 3 is 2.68 bits per heavy atom. The van der Waals surface area contributed by atoms with Gasteiger partial charge in [0, 0.05) is 12.1 Å². The van der Waals surface area contributed by atoms with Crippen LogP contribution in [0.3, 0.4) is 0 Å². The minimum atomic E-state index is -0.0724. The maximum absolute atomic E-state index is 12.3. The monoisotopic (exact) mass is 338 g/mol. The van der Waals surface area contributed by atoms with Crippen molar-refractivity contribution in [1.82, 2.24) is 5.32 Å². The molecule has 0 aliphatic carbocycles. The van der Waals surface area contributed by atoms with Crippen LogP contribution in [0.25, 0.3) is 0 Å². The second kappa shape index (κ2) is 7.38. The van der Waals surface area contributed by atoms with E-state index in [9.17, 15) is 9.59 Å². The molecule has 0 fully saturated rings. The first-order valence-electron chi connectivity index (χ1n) is 8.49. The molecule has 0 radical (unpaired) electrons. The third kappa shape index (κ3) is 3.82. The Labute approximate surface area is 147 Å². The van der Waals surface area contributed by atoms with Gasteiger partial charge in [-0.1, -0.05) is 25.1 Å². The number of anilines is 1. The summed E-state index contributed by atoms with van der Waals surface area (Å²) in [7, 11) is 0. The summed E-state index contributed by atoms with van der Waals surface area (Å²) in [5.41, 5.74) is 3.46. The van der Waals surface area contributed by atoms with E-state index in [-0.39, 0.29) is 18.4 Å². The van der Waals surface area contributed by atoms with E-state index in [1.54, 1.807) is 17.0 Å². The lowest BCUT2D eigenvalue weighted by atomic mass is 10.1. The Morgan fingerprint density at radius 1 is 1.20 bits per heavy atom. The topological polar surface area (TPSA) is 58.6 Å². The van der Waals surface area contributed by atoms with Gasteiger partial charge in [-0.25, -0.2) is 0 Å². The van der Waals surface area contributed by atoms with E-state index in [1.165, 1.54) is 0 Å². The molecule has 5 nitrogen and oxygen atoms in total. The number of benzene rings is 2.